The van der Waals surface area contributed by atoms with Crippen molar-refractivity contribution in [3.63, 3.8) is 0 Å². The lowest BCUT2D eigenvalue weighted by Gasteiger charge is -1.96. The number of pyridine rings is 1. The van der Waals surface area contributed by atoms with Gasteiger partial charge < -0.3 is 0 Å². The molecule has 1 aromatic heterocycles. The van der Waals surface area contributed by atoms with Gasteiger partial charge in [-0.2, -0.15) is 0 Å². The molecule has 0 fully saturated rings. The van der Waals surface area contributed by atoms with E-state index in [0.717, 1.165) is 0 Å². The lowest BCUT2D eigenvalue weighted by Crippen LogP contribution is -2.23. The number of rotatable bonds is 0. The Labute approximate surface area is 56.6 Å². The first kappa shape index (κ1) is 5.31. The SMILES string of the molecule is O=c1[c]cn2c(c1)NNN2. The molecule has 51 valence electrons. The van der Waals surface area contributed by atoms with Crippen LogP contribution in [0, 0.1) is 6.07 Å². The van der Waals surface area contributed by atoms with Gasteiger partial charge in [-0.25, -0.2) is 10.2 Å². The van der Waals surface area contributed by atoms with Crippen molar-refractivity contribution in [3.8, 4) is 0 Å². The van der Waals surface area contributed by atoms with Crippen molar-refractivity contribution in [3.05, 3.63) is 28.6 Å². The van der Waals surface area contributed by atoms with Crippen molar-refractivity contribution < 1.29 is 0 Å². The van der Waals surface area contributed by atoms with E-state index >= 15 is 0 Å². The second-order valence-corrected chi connectivity index (χ2v) is 1.90. The van der Waals surface area contributed by atoms with Crippen molar-refractivity contribution in [1.29, 1.82) is 0 Å². The first-order chi connectivity index (χ1) is 4.86. The minimum atomic E-state index is -0.135. The monoisotopic (exact) mass is 137 g/mol. The summed E-state index contributed by atoms with van der Waals surface area (Å²) in [7, 11) is 0. The van der Waals surface area contributed by atoms with Gasteiger partial charge >= 0.3 is 0 Å². The number of nitrogens with zero attached hydrogens (tertiary/aromatic N) is 1. The highest BCUT2D eigenvalue weighted by molar-refractivity contribution is 5.37. The maximum atomic E-state index is 10.7. The van der Waals surface area contributed by atoms with E-state index < -0.39 is 0 Å². The number of fused-ring (bicyclic) bond motifs is 1. The summed E-state index contributed by atoms with van der Waals surface area (Å²) in [4.78, 5) is 10.7. The van der Waals surface area contributed by atoms with Crippen LogP contribution in [0.1, 0.15) is 0 Å². The Bertz CT molecular complexity index is 305. The van der Waals surface area contributed by atoms with Crippen LogP contribution in [0.2, 0.25) is 0 Å². The van der Waals surface area contributed by atoms with Crippen molar-refractivity contribution in [2.24, 2.45) is 0 Å². The molecule has 0 saturated carbocycles. The van der Waals surface area contributed by atoms with Gasteiger partial charge in [0.25, 0.3) is 0 Å². The molecule has 0 spiro atoms. The largest absolute Gasteiger partial charge is 0.289 e. The molecule has 5 heteroatoms. The minimum Gasteiger partial charge on any atom is -0.289 e. The Morgan fingerprint density at radius 3 is 3.40 bits per heavy atom. The molecule has 0 atom stereocenters. The third-order valence-corrected chi connectivity index (χ3v) is 1.23. The molecule has 0 unspecified atom stereocenters. The van der Waals surface area contributed by atoms with E-state index in [9.17, 15) is 4.79 Å². The molecule has 1 radical (unpaired) electrons. The predicted molar refractivity (Wildman–Crippen MR) is 35.7 cm³/mol. The van der Waals surface area contributed by atoms with Gasteiger partial charge in [-0.1, -0.05) is 0 Å². The number of anilines is 1. The summed E-state index contributed by atoms with van der Waals surface area (Å²) in [5.74, 6) is 0.684. The molecule has 1 aliphatic heterocycles. The van der Waals surface area contributed by atoms with Crippen LogP contribution in [-0.4, -0.2) is 4.68 Å². The smallest absolute Gasteiger partial charge is 0.191 e. The summed E-state index contributed by atoms with van der Waals surface area (Å²) in [5.41, 5.74) is 7.92. The summed E-state index contributed by atoms with van der Waals surface area (Å²) in [6, 6.07) is 3.93. The summed E-state index contributed by atoms with van der Waals surface area (Å²) in [6.07, 6.45) is 1.52. The molecule has 1 aromatic rings. The molecule has 0 amide bonds. The van der Waals surface area contributed by atoms with Crippen LogP contribution in [0.3, 0.4) is 0 Å². The van der Waals surface area contributed by atoms with Gasteiger partial charge in [0.15, 0.2) is 5.43 Å². The van der Waals surface area contributed by atoms with Crippen LogP contribution >= 0.6 is 0 Å². The van der Waals surface area contributed by atoms with Crippen LogP contribution in [0.4, 0.5) is 5.82 Å². The number of hydrazine groups is 2. The predicted octanol–water partition coefficient (Wildman–Crippen LogP) is -0.963. The molecule has 1 aliphatic rings. The number of hydrogen-bond donors (Lipinski definition) is 3. The highest BCUT2D eigenvalue weighted by Crippen LogP contribution is 2.01. The van der Waals surface area contributed by atoms with Crippen LogP contribution in [0.15, 0.2) is 17.1 Å². The summed E-state index contributed by atoms with van der Waals surface area (Å²) in [6.45, 7) is 0. The molecule has 0 aromatic carbocycles. The van der Waals surface area contributed by atoms with Gasteiger partial charge in [-0.3, -0.25) is 10.2 Å². The quantitative estimate of drug-likeness (QED) is 0.431. The van der Waals surface area contributed by atoms with Gasteiger partial charge in [0, 0.05) is 12.3 Å². The Hall–Kier alpha value is -1.49. The zero-order valence-corrected chi connectivity index (χ0v) is 5.01. The van der Waals surface area contributed by atoms with Gasteiger partial charge in [-0.05, 0) is 0 Å². The van der Waals surface area contributed by atoms with Gasteiger partial charge in [-0.15, -0.1) is 5.53 Å². The fourth-order valence-electron chi connectivity index (χ4n) is 0.774. The molecule has 0 aliphatic carbocycles. The zero-order valence-electron chi connectivity index (χ0n) is 5.01. The fraction of sp³-hybridized carbons (Fsp3) is 0. The van der Waals surface area contributed by atoms with Crippen LogP contribution in [0.5, 0.6) is 0 Å². The minimum absolute atomic E-state index is 0.135. The van der Waals surface area contributed by atoms with Gasteiger partial charge in [0.1, 0.15) is 5.82 Å². The number of aromatic nitrogens is 1. The summed E-state index contributed by atoms with van der Waals surface area (Å²) in [5, 5.41) is 0. The highest BCUT2D eigenvalue weighted by atomic mass is 16.1. The fourth-order valence-corrected chi connectivity index (χ4v) is 0.774. The van der Waals surface area contributed by atoms with Crippen molar-refractivity contribution in [2.45, 2.75) is 0 Å². The molecule has 0 saturated heterocycles. The van der Waals surface area contributed by atoms with E-state index in [2.05, 4.69) is 22.6 Å². The lowest BCUT2D eigenvalue weighted by molar-refractivity contribution is 0.846. The third-order valence-electron chi connectivity index (χ3n) is 1.23. The Balaban J connectivity index is 2.63. The van der Waals surface area contributed by atoms with Crippen LogP contribution in [0.25, 0.3) is 0 Å². The van der Waals surface area contributed by atoms with Crippen LogP contribution < -0.4 is 21.9 Å². The molecule has 2 heterocycles. The summed E-state index contributed by atoms with van der Waals surface area (Å²) < 4.78 is 1.61. The lowest BCUT2D eigenvalue weighted by atomic mass is 10.4. The molecule has 5 nitrogen and oxygen atoms in total. The molecule has 3 N–H and O–H groups in total. The molecule has 0 bridgehead atoms. The van der Waals surface area contributed by atoms with Crippen molar-refractivity contribution >= 4 is 5.82 Å². The Morgan fingerprint density at radius 2 is 2.50 bits per heavy atom. The van der Waals surface area contributed by atoms with Gasteiger partial charge in [0.2, 0.25) is 0 Å². The van der Waals surface area contributed by atoms with Crippen molar-refractivity contribution in [2.75, 3.05) is 11.0 Å². The second-order valence-electron chi connectivity index (χ2n) is 1.90. The number of nitrogens with one attached hydrogen (secondary N) is 3. The van der Waals surface area contributed by atoms with E-state index in [4.69, 9.17) is 0 Å². The zero-order chi connectivity index (χ0) is 6.97. The van der Waals surface area contributed by atoms with Crippen molar-refractivity contribution in [1.82, 2.24) is 10.2 Å². The van der Waals surface area contributed by atoms with E-state index in [-0.39, 0.29) is 5.43 Å². The first-order valence-electron chi connectivity index (χ1n) is 2.78. The molecular weight excluding hydrogens is 132 g/mol. The average molecular weight is 137 g/mol. The first-order valence-corrected chi connectivity index (χ1v) is 2.78. The Kier molecular flexibility index (Phi) is 0.925. The maximum absolute atomic E-state index is 10.7. The normalized spacial score (nSPS) is 13.6. The van der Waals surface area contributed by atoms with Crippen LogP contribution in [-0.2, 0) is 0 Å². The van der Waals surface area contributed by atoms with Gasteiger partial charge in [0.05, 0.1) is 6.07 Å². The van der Waals surface area contributed by atoms with E-state index in [1.54, 1.807) is 4.68 Å². The van der Waals surface area contributed by atoms with E-state index in [0.29, 0.717) is 5.82 Å². The van der Waals surface area contributed by atoms with E-state index in [1.807, 2.05) is 0 Å². The number of hydrogen-bond acceptors (Lipinski definition) is 4. The maximum Gasteiger partial charge on any atom is 0.191 e. The Morgan fingerprint density at radius 1 is 1.60 bits per heavy atom. The molecular formula is C5H5N4O. The molecule has 10 heavy (non-hydrogen) atoms. The third kappa shape index (κ3) is 0.645. The second kappa shape index (κ2) is 1.74. The summed E-state index contributed by atoms with van der Waals surface area (Å²) >= 11 is 0. The standard InChI is InChI=1S/C5H5N4O/c10-4-1-2-9-5(3-4)6-7-8-9/h2-3,6-8H. The average Bonchev–Trinajstić information content (AvgIpc) is 2.33. The van der Waals surface area contributed by atoms with E-state index in [1.165, 1.54) is 12.3 Å². The highest BCUT2D eigenvalue weighted by Gasteiger charge is 2.04. The topological polar surface area (TPSA) is 58.1 Å². The molecule has 2 rings (SSSR count).